The summed E-state index contributed by atoms with van der Waals surface area (Å²) in [4.78, 5) is 2.23. The van der Waals surface area contributed by atoms with Crippen LogP contribution in [-0.4, -0.2) is 45.1 Å². The van der Waals surface area contributed by atoms with Gasteiger partial charge in [0.25, 0.3) is 0 Å². The van der Waals surface area contributed by atoms with E-state index in [1.165, 1.54) is 6.07 Å². The van der Waals surface area contributed by atoms with Crippen LogP contribution in [0.3, 0.4) is 0 Å². The summed E-state index contributed by atoms with van der Waals surface area (Å²) in [6.07, 6.45) is 0.990. The smallest absolute Gasteiger partial charge is 0.123 e. The van der Waals surface area contributed by atoms with Crippen molar-refractivity contribution in [1.82, 2.24) is 5.32 Å². The standard InChI is InChI=1S/C15H23FN2O2/c1-20-7-5-17-9-13-8-14(16)2-3-15(13)18-6-4-12(10-18)11-19/h2-3,8,12,17,19H,4-7,9-11H2,1H3. The third-order valence-electron chi connectivity index (χ3n) is 3.72. The summed E-state index contributed by atoms with van der Waals surface area (Å²) in [6.45, 7) is 3.98. The number of aliphatic hydroxyl groups excluding tert-OH is 1. The lowest BCUT2D eigenvalue weighted by Crippen LogP contribution is -2.24. The number of benzene rings is 1. The lowest BCUT2D eigenvalue weighted by molar-refractivity contribution is 0.199. The molecule has 0 saturated carbocycles. The molecule has 2 rings (SSSR count). The van der Waals surface area contributed by atoms with Crippen molar-refractivity contribution < 1.29 is 14.2 Å². The van der Waals surface area contributed by atoms with Crippen molar-refractivity contribution in [3.05, 3.63) is 29.6 Å². The molecule has 0 aliphatic carbocycles. The normalized spacial score (nSPS) is 18.8. The largest absolute Gasteiger partial charge is 0.396 e. The summed E-state index contributed by atoms with van der Waals surface area (Å²) >= 11 is 0. The number of hydrogen-bond acceptors (Lipinski definition) is 4. The highest BCUT2D eigenvalue weighted by Crippen LogP contribution is 2.27. The summed E-state index contributed by atoms with van der Waals surface area (Å²) in [6, 6.07) is 4.92. The van der Waals surface area contributed by atoms with Gasteiger partial charge in [-0.05, 0) is 30.2 Å². The van der Waals surface area contributed by atoms with Gasteiger partial charge in [0, 0.05) is 51.5 Å². The van der Waals surface area contributed by atoms with Gasteiger partial charge in [-0.3, -0.25) is 0 Å². The van der Waals surface area contributed by atoms with E-state index in [-0.39, 0.29) is 12.4 Å². The highest BCUT2D eigenvalue weighted by molar-refractivity contribution is 5.54. The first-order valence-electron chi connectivity index (χ1n) is 7.08. The Morgan fingerprint density at radius 2 is 2.35 bits per heavy atom. The Bertz CT molecular complexity index is 428. The minimum Gasteiger partial charge on any atom is -0.396 e. The van der Waals surface area contributed by atoms with E-state index in [1.54, 1.807) is 13.2 Å². The van der Waals surface area contributed by atoms with Gasteiger partial charge < -0.3 is 20.1 Å². The van der Waals surface area contributed by atoms with Crippen molar-refractivity contribution in [2.24, 2.45) is 5.92 Å². The maximum absolute atomic E-state index is 13.4. The van der Waals surface area contributed by atoms with Gasteiger partial charge in [-0.1, -0.05) is 0 Å². The van der Waals surface area contributed by atoms with Crippen molar-refractivity contribution in [3.63, 3.8) is 0 Å². The molecule has 1 aromatic rings. The Morgan fingerprint density at radius 3 is 3.05 bits per heavy atom. The highest BCUT2D eigenvalue weighted by atomic mass is 19.1. The maximum Gasteiger partial charge on any atom is 0.123 e. The zero-order chi connectivity index (χ0) is 14.4. The average Bonchev–Trinajstić information content (AvgIpc) is 2.92. The molecule has 5 heteroatoms. The van der Waals surface area contributed by atoms with Gasteiger partial charge in [-0.15, -0.1) is 0 Å². The quantitative estimate of drug-likeness (QED) is 0.742. The van der Waals surface area contributed by atoms with Crippen molar-refractivity contribution in [3.8, 4) is 0 Å². The molecule has 1 atom stereocenters. The number of methoxy groups -OCH3 is 1. The fourth-order valence-corrected chi connectivity index (χ4v) is 2.60. The van der Waals surface area contributed by atoms with Crippen molar-refractivity contribution >= 4 is 5.69 Å². The topological polar surface area (TPSA) is 44.7 Å². The molecule has 20 heavy (non-hydrogen) atoms. The molecule has 1 aromatic carbocycles. The summed E-state index contributed by atoms with van der Waals surface area (Å²) in [5, 5.41) is 12.5. The Balaban J connectivity index is 2.03. The van der Waals surface area contributed by atoms with Gasteiger partial charge in [0.2, 0.25) is 0 Å². The number of ether oxygens (including phenoxy) is 1. The Kier molecular flexibility index (Phi) is 5.76. The number of hydrogen-bond donors (Lipinski definition) is 2. The molecule has 0 spiro atoms. The van der Waals surface area contributed by atoms with Crippen LogP contribution in [0.5, 0.6) is 0 Å². The number of halogens is 1. The third-order valence-corrected chi connectivity index (χ3v) is 3.72. The van der Waals surface area contributed by atoms with Crippen molar-refractivity contribution in [2.45, 2.75) is 13.0 Å². The van der Waals surface area contributed by atoms with Crippen LogP contribution in [0.4, 0.5) is 10.1 Å². The molecule has 4 nitrogen and oxygen atoms in total. The van der Waals surface area contributed by atoms with Crippen LogP contribution in [0.1, 0.15) is 12.0 Å². The number of rotatable bonds is 7. The Morgan fingerprint density at radius 1 is 1.50 bits per heavy atom. The number of aliphatic hydroxyl groups is 1. The average molecular weight is 282 g/mol. The van der Waals surface area contributed by atoms with E-state index >= 15 is 0 Å². The molecule has 1 fully saturated rings. The SMILES string of the molecule is COCCNCc1cc(F)ccc1N1CCC(CO)C1. The van der Waals surface area contributed by atoms with Crippen LogP contribution >= 0.6 is 0 Å². The molecule has 112 valence electrons. The van der Waals surface area contributed by atoms with E-state index in [9.17, 15) is 9.50 Å². The fraction of sp³-hybridized carbons (Fsp3) is 0.600. The maximum atomic E-state index is 13.4. The van der Waals surface area contributed by atoms with E-state index < -0.39 is 0 Å². The minimum absolute atomic E-state index is 0.213. The predicted molar refractivity (Wildman–Crippen MR) is 77.4 cm³/mol. The van der Waals surface area contributed by atoms with Gasteiger partial charge in [-0.2, -0.15) is 0 Å². The van der Waals surface area contributed by atoms with Gasteiger partial charge >= 0.3 is 0 Å². The van der Waals surface area contributed by atoms with Crippen LogP contribution in [0.2, 0.25) is 0 Å². The minimum atomic E-state index is -0.213. The van der Waals surface area contributed by atoms with Crippen molar-refractivity contribution in [1.29, 1.82) is 0 Å². The molecule has 1 aliphatic rings. The summed E-state index contributed by atoms with van der Waals surface area (Å²) in [5.41, 5.74) is 2.02. The third kappa shape index (κ3) is 3.91. The zero-order valence-corrected chi connectivity index (χ0v) is 11.9. The molecule has 0 aromatic heterocycles. The Hall–Kier alpha value is -1.17. The highest BCUT2D eigenvalue weighted by Gasteiger charge is 2.23. The summed E-state index contributed by atoms with van der Waals surface area (Å²) in [7, 11) is 1.66. The zero-order valence-electron chi connectivity index (χ0n) is 11.9. The molecule has 0 radical (unpaired) electrons. The number of nitrogens with one attached hydrogen (secondary N) is 1. The van der Waals surface area contributed by atoms with E-state index in [2.05, 4.69) is 10.2 Å². The van der Waals surface area contributed by atoms with Crippen LogP contribution in [-0.2, 0) is 11.3 Å². The second-order valence-corrected chi connectivity index (χ2v) is 5.23. The van der Waals surface area contributed by atoms with Gasteiger partial charge in [0.05, 0.1) is 6.61 Å². The molecule has 0 bridgehead atoms. The van der Waals surface area contributed by atoms with E-state index in [0.29, 0.717) is 19.1 Å². The first kappa shape index (κ1) is 15.2. The van der Waals surface area contributed by atoms with E-state index in [1.807, 2.05) is 6.07 Å². The lowest BCUT2D eigenvalue weighted by atomic mass is 10.1. The van der Waals surface area contributed by atoms with Crippen LogP contribution in [0, 0.1) is 11.7 Å². The van der Waals surface area contributed by atoms with Gasteiger partial charge in [-0.25, -0.2) is 4.39 Å². The van der Waals surface area contributed by atoms with Crippen LogP contribution < -0.4 is 10.2 Å². The number of nitrogens with zero attached hydrogens (tertiary/aromatic N) is 1. The van der Waals surface area contributed by atoms with E-state index in [0.717, 1.165) is 37.3 Å². The summed E-state index contributed by atoms with van der Waals surface area (Å²) in [5.74, 6) is 0.115. The van der Waals surface area contributed by atoms with Crippen molar-refractivity contribution in [2.75, 3.05) is 44.9 Å². The molecule has 1 aliphatic heterocycles. The van der Waals surface area contributed by atoms with E-state index in [4.69, 9.17) is 4.74 Å². The predicted octanol–water partition coefficient (Wildman–Crippen LogP) is 1.38. The second kappa shape index (κ2) is 7.57. The van der Waals surface area contributed by atoms with Crippen LogP contribution in [0.25, 0.3) is 0 Å². The molecule has 2 N–H and O–H groups in total. The molecule has 1 unspecified atom stereocenters. The summed E-state index contributed by atoms with van der Waals surface area (Å²) < 4.78 is 18.4. The molecular formula is C15H23FN2O2. The van der Waals surface area contributed by atoms with Gasteiger partial charge in [0.1, 0.15) is 5.82 Å². The second-order valence-electron chi connectivity index (χ2n) is 5.23. The fourth-order valence-electron chi connectivity index (χ4n) is 2.60. The molecular weight excluding hydrogens is 259 g/mol. The lowest BCUT2D eigenvalue weighted by Gasteiger charge is -2.22. The molecule has 0 amide bonds. The Labute approximate surface area is 119 Å². The number of anilines is 1. The first-order valence-corrected chi connectivity index (χ1v) is 7.08. The molecule has 1 heterocycles. The first-order chi connectivity index (χ1) is 9.74. The van der Waals surface area contributed by atoms with Crippen LogP contribution in [0.15, 0.2) is 18.2 Å². The molecule has 1 saturated heterocycles. The van der Waals surface area contributed by atoms with Gasteiger partial charge in [0.15, 0.2) is 0 Å². The monoisotopic (exact) mass is 282 g/mol.